The van der Waals surface area contributed by atoms with Crippen LogP contribution in [-0.4, -0.2) is 35.6 Å². The highest BCUT2D eigenvalue weighted by Crippen LogP contribution is 2.36. The third-order valence-corrected chi connectivity index (χ3v) is 5.11. The van der Waals surface area contributed by atoms with Gasteiger partial charge in [-0.3, -0.25) is 4.90 Å². The van der Waals surface area contributed by atoms with Crippen molar-refractivity contribution in [2.45, 2.75) is 90.3 Å². The predicted molar refractivity (Wildman–Crippen MR) is 83.5 cm³/mol. The molecule has 0 radical (unpaired) electrons. The summed E-state index contributed by atoms with van der Waals surface area (Å²) in [5.74, 6) is 0.890. The van der Waals surface area contributed by atoms with Crippen LogP contribution < -0.4 is 5.32 Å². The summed E-state index contributed by atoms with van der Waals surface area (Å²) in [5.41, 5.74) is 0.266. The molecule has 2 atom stereocenters. The molecule has 0 heterocycles. The summed E-state index contributed by atoms with van der Waals surface area (Å²) in [6.07, 6.45) is 10.1. The Morgan fingerprint density at radius 1 is 1.00 bits per heavy atom. The minimum atomic E-state index is 0.266. The first-order valence-electron chi connectivity index (χ1n) is 8.52. The van der Waals surface area contributed by atoms with E-state index in [1.807, 2.05) is 0 Å². The number of hydrogen-bond donors (Lipinski definition) is 1. The quantitative estimate of drug-likeness (QED) is 0.814. The van der Waals surface area contributed by atoms with E-state index in [1.165, 1.54) is 58.0 Å². The van der Waals surface area contributed by atoms with Crippen LogP contribution in [0.5, 0.6) is 0 Å². The summed E-state index contributed by atoms with van der Waals surface area (Å²) in [5, 5.41) is 3.71. The maximum Gasteiger partial charge on any atom is 0.0139 e. The standard InChI is InChI=1S/C17H34N2/c1-5-19(15-9-7-6-8-10-15)16-12-11-14(16)13-18-17(2,3)4/h14-16,18H,5-13H2,1-4H3. The monoisotopic (exact) mass is 266 g/mol. The van der Waals surface area contributed by atoms with Crippen LogP contribution in [0.2, 0.25) is 0 Å². The maximum absolute atomic E-state index is 3.71. The van der Waals surface area contributed by atoms with Crippen molar-refractivity contribution >= 4 is 0 Å². The second kappa shape index (κ2) is 6.58. The molecule has 2 rings (SSSR count). The van der Waals surface area contributed by atoms with Crippen molar-refractivity contribution in [3.63, 3.8) is 0 Å². The van der Waals surface area contributed by atoms with Gasteiger partial charge in [-0.2, -0.15) is 0 Å². The van der Waals surface area contributed by atoms with Crippen LogP contribution in [0.3, 0.4) is 0 Å². The van der Waals surface area contributed by atoms with Gasteiger partial charge in [0.2, 0.25) is 0 Å². The Morgan fingerprint density at radius 3 is 2.16 bits per heavy atom. The molecule has 2 unspecified atom stereocenters. The van der Waals surface area contributed by atoms with Crippen molar-refractivity contribution < 1.29 is 0 Å². The average molecular weight is 266 g/mol. The lowest BCUT2D eigenvalue weighted by Crippen LogP contribution is -2.55. The van der Waals surface area contributed by atoms with E-state index in [4.69, 9.17) is 0 Å². The Labute approximate surface area is 120 Å². The zero-order valence-corrected chi connectivity index (χ0v) is 13.5. The Hall–Kier alpha value is -0.0800. The lowest BCUT2D eigenvalue weighted by molar-refractivity contribution is 0.0163. The summed E-state index contributed by atoms with van der Waals surface area (Å²) in [6, 6.07) is 1.75. The largest absolute Gasteiger partial charge is 0.312 e. The number of nitrogens with zero attached hydrogens (tertiary/aromatic N) is 1. The van der Waals surface area contributed by atoms with Gasteiger partial charge in [-0.1, -0.05) is 26.2 Å². The lowest BCUT2D eigenvalue weighted by Gasteiger charge is -2.49. The van der Waals surface area contributed by atoms with Gasteiger partial charge < -0.3 is 5.32 Å². The molecule has 112 valence electrons. The van der Waals surface area contributed by atoms with E-state index in [0.717, 1.165) is 18.0 Å². The van der Waals surface area contributed by atoms with Gasteiger partial charge in [0.1, 0.15) is 0 Å². The smallest absolute Gasteiger partial charge is 0.0139 e. The fourth-order valence-corrected chi connectivity index (χ4v) is 3.84. The SMILES string of the molecule is CCN(C1CCCCC1)C1CCC1CNC(C)(C)C. The van der Waals surface area contributed by atoms with E-state index in [2.05, 4.69) is 37.9 Å². The normalized spacial score (nSPS) is 29.5. The first-order valence-corrected chi connectivity index (χ1v) is 8.52. The summed E-state index contributed by atoms with van der Waals surface area (Å²) < 4.78 is 0. The first kappa shape index (κ1) is 15.3. The molecule has 2 heteroatoms. The molecule has 2 fully saturated rings. The van der Waals surface area contributed by atoms with Crippen LogP contribution in [0.4, 0.5) is 0 Å². The molecule has 0 saturated heterocycles. The van der Waals surface area contributed by atoms with E-state index >= 15 is 0 Å². The van der Waals surface area contributed by atoms with Gasteiger partial charge in [-0.15, -0.1) is 0 Å². The summed E-state index contributed by atoms with van der Waals surface area (Å²) in [4.78, 5) is 2.84. The van der Waals surface area contributed by atoms with Gasteiger partial charge in [0.15, 0.2) is 0 Å². The fraction of sp³-hybridized carbons (Fsp3) is 1.00. The van der Waals surface area contributed by atoms with E-state index in [1.54, 1.807) is 0 Å². The van der Waals surface area contributed by atoms with Gasteiger partial charge in [0.05, 0.1) is 0 Å². The van der Waals surface area contributed by atoms with Crippen molar-refractivity contribution in [1.29, 1.82) is 0 Å². The van der Waals surface area contributed by atoms with Gasteiger partial charge >= 0.3 is 0 Å². The van der Waals surface area contributed by atoms with Crippen LogP contribution in [-0.2, 0) is 0 Å². The zero-order valence-electron chi connectivity index (χ0n) is 13.5. The molecule has 2 nitrogen and oxygen atoms in total. The molecule has 1 N–H and O–H groups in total. The van der Waals surface area contributed by atoms with Crippen molar-refractivity contribution in [1.82, 2.24) is 10.2 Å². The molecule has 2 aliphatic rings. The predicted octanol–water partition coefficient (Wildman–Crippen LogP) is 3.81. The Kier molecular flexibility index (Phi) is 5.30. The second-order valence-electron chi connectivity index (χ2n) is 7.66. The molecule has 0 spiro atoms. The van der Waals surface area contributed by atoms with Crippen LogP contribution in [0, 0.1) is 5.92 Å². The Bertz CT molecular complexity index is 263. The van der Waals surface area contributed by atoms with Gasteiger partial charge in [-0.05, 0) is 65.5 Å². The third kappa shape index (κ3) is 4.19. The summed E-state index contributed by atoms with van der Waals surface area (Å²) in [7, 11) is 0. The Balaban J connectivity index is 1.84. The maximum atomic E-state index is 3.71. The van der Waals surface area contributed by atoms with Crippen LogP contribution in [0.1, 0.15) is 72.6 Å². The molecule has 0 amide bonds. The highest BCUT2D eigenvalue weighted by atomic mass is 15.2. The minimum absolute atomic E-state index is 0.266. The molecule has 0 aliphatic heterocycles. The van der Waals surface area contributed by atoms with Crippen molar-refractivity contribution in [2.24, 2.45) is 5.92 Å². The number of nitrogens with one attached hydrogen (secondary N) is 1. The van der Waals surface area contributed by atoms with Crippen molar-refractivity contribution in [3.8, 4) is 0 Å². The van der Waals surface area contributed by atoms with Crippen LogP contribution >= 0.6 is 0 Å². The molecule has 2 aliphatic carbocycles. The zero-order chi connectivity index (χ0) is 13.9. The number of rotatable bonds is 5. The second-order valence-corrected chi connectivity index (χ2v) is 7.66. The first-order chi connectivity index (χ1) is 9.01. The van der Waals surface area contributed by atoms with Gasteiger partial charge in [-0.25, -0.2) is 0 Å². The number of hydrogen-bond acceptors (Lipinski definition) is 2. The highest BCUT2D eigenvalue weighted by molar-refractivity contribution is 4.93. The van der Waals surface area contributed by atoms with E-state index in [-0.39, 0.29) is 5.54 Å². The molecule has 0 aromatic rings. The minimum Gasteiger partial charge on any atom is -0.312 e. The topological polar surface area (TPSA) is 15.3 Å². The van der Waals surface area contributed by atoms with E-state index in [0.29, 0.717) is 0 Å². The molecule has 0 aromatic heterocycles. The van der Waals surface area contributed by atoms with E-state index in [9.17, 15) is 0 Å². The molecule has 0 bridgehead atoms. The molecular weight excluding hydrogens is 232 g/mol. The van der Waals surface area contributed by atoms with Gasteiger partial charge in [0, 0.05) is 17.6 Å². The molecule has 2 saturated carbocycles. The fourth-order valence-electron chi connectivity index (χ4n) is 3.84. The van der Waals surface area contributed by atoms with Crippen LogP contribution in [0.25, 0.3) is 0 Å². The third-order valence-electron chi connectivity index (χ3n) is 5.11. The van der Waals surface area contributed by atoms with E-state index < -0.39 is 0 Å². The molecule has 0 aromatic carbocycles. The van der Waals surface area contributed by atoms with Crippen molar-refractivity contribution in [2.75, 3.05) is 13.1 Å². The molecular formula is C17H34N2. The van der Waals surface area contributed by atoms with Gasteiger partial charge in [0.25, 0.3) is 0 Å². The summed E-state index contributed by atoms with van der Waals surface area (Å²) in [6.45, 7) is 11.7. The average Bonchev–Trinajstić information content (AvgIpc) is 2.34. The summed E-state index contributed by atoms with van der Waals surface area (Å²) >= 11 is 0. The van der Waals surface area contributed by atoms with Crippen LogP contribution in [0.15, 0.2) is 0 Å². The Morgan fingerprint density at radius 2 is 1.68 bits per heavy atom. The highest BCUT2D eigenvalue weighted by Gasteiger charge is 2.38. The molecule has 19 heavy (non-hydrogen) atoms. The lowest BCUT2D eigenvalue weighted by atomic mass is 9.76. The van der Waals surface area contributed by atoms with Crippen molar-refractivity contribution in [3.05, 3.63) is 0 Å².